The van der Waals surface area contributed by atoms with E-state index in [1.165, 1.54) is 5.56 Å². The van der Waals surface area contributed by atoms with Crippen LogP contribution in [0.2, 0.25) is 0 Å². The fourth-order valence-corrected chi connectivity index (χ4v) is 2.53. The SMILES string of the molecule is CCC(NC)c1ccc(OCC2CCOCC2)cc1. The Labute approximate surface area is 116 Å². The third kappa shape index (κ3) is 4.22. The van der Waals surface area contributed by atoms with Crippen LogP contribution in [0.3, 0.4) is 0 Å². The van der Waals surface area contributed by atoms with Gasteiger partial charge in [0.1, 0.15) is 5.75 Å². The van der Waals surface area contributed by atoms with Crippen molar-refractivity contribution in [1.82, 2.24) is 5.32 Å². The van der Waals surface area contributed by atoms with Crippen molar-refractivity contribution in [1.29, 1.82) is 0 Å². The zero-order valence-electron chi connectivity index (χ0n) is 12.0. The van der Waals surface area contributed by atoms with Crippen LogP contribution in [0.25, 0.3) is 0 Å². The maximum Gasteiger partial charge on any atom is 0.119 e. The van der Waals surface area contributed by atoms with Gasteiger partial charge in [-0.3, -0.25) is 0 Å². The zero-order valence-corrected chi connectivity index (χ0v) is 12.0. The Kier molecular flexibility index (Phi) is 5.67. The molecule has 1 atom stereocenters. The van der Waals surface area contributed by atoms with Gasteiger partial charge in [0.15, 0.2) is 0 Å². The second kappa shape index (κ2) is 7.51. The molecule has 1 heterocycles. The third-order valence-corrected chi connectivity index (χ3v) is 3.87. The van der Waals surface area contributed by atoms with Crippen LogP contribution in [0, 0.1) is 5.92 Å². The Bertz CT molecular complexity index is 354. The summed E-state index contributed by atoms with van der Waals surface area (Å²) in [4.78, 5) is 0. The highest BCUT2D eigenvalue weighted by atomic mass is 16.5. The van der Waals surface area contributed by atoms with Gasteiger partial charge in [-0.15, -0.1) is 0 Å². The molecule has 19 heavy (non-hydrogen) atoms. The van der Waals surface area contributed by atoms with Gasteiger partial charge in [-0.2, -0.15) is 0 Å². The predicted octanol–water partition coefficient (Wildman–Crippen LogP) is 3.16. The van der Waals surface area contributed by atoms with E-state index < -0.39 is 0 Å². The largest absolute Gasteiger partial charge is 0.493 e. The molecule has 3 heteroatoms. The number of hydrogen-bond acceptors (Lipinski definition) is 3. The molecule has 1 aliphatic heterocycles. The molecule has 0 amide bonds. The molecule has 3 nitrogen and oxygen atoms in total. The monoisotopic (exact) mass is 263 g/mol. The number of hydrogen-bond donors (Lipinski definition) is 1. The summed E-state index contributed by atoms with van der Waals surface area (Å²) >= 11 is 0. The van der Waals surface area contributed by atoms with Crippen molar-refractivity contribution >= 4 is 0 Å². The predicted molar refractivity (Wildman–Crippen MR) is 77.6 cm³/mol. The Balaban J connectivity index is 1.84. The van der Waals surface area contributed by atoms with E-state index in [0.717, 1.165) is 44.8 Å². The standard InChI is InChI=1S/C16H25NO2/c1-3-16(17-2)14-4-6-15(7-5-14)19-12-13-8-10-18-11-9-13/h4-7,13,16-17H,3,8-12H2,1-2H3. The second-order valence-electron chi connectivity index (χ2n) is 5.19. The number of nitrogens with one attached hydrogen (secondary N) is 1. The fraction of sp³-hybridized carbons (Fsp3) is 0.625. The first-order chi connectivity index (χ1) is 9.33. The van der Waals surface area contributed by atoms with Gasteiger partial charge in [0, 0.05) is 19.3 Å². The Morgan fingerprint density at radius 1 is 1.26 bits per heavy atom. The van der Waals surface area contributed by atoms with E-state index in [-0.39, 0.29) is 0 Å². The first-order valence-electron chi connectivity index (χ1n) is 7.31. The molecule has 0 radical (unpaired) electrons. The summed E-state index contributed by atoms with van der Waals surface area (Å²) in [5, 5.41) is 3.32. The van der Waals surface area contributed by atoms with Crippen LogP contribution < -0.4 is 10.1 Å². The first kappa shape index (κ1) is 14.4. The van der Waals surface area contributed by atoms with Crippen molar-refractivity contribution in [2.45, 2.75) is 32.2 Å². The smallest absolute Gasteiger partial charge is 0.119 e. The molecular weight excluding hydrogens is 238 g/mol. The quantitative estimate of drug-likeness (QED) is 0.855. The minimum absolute atomic E-state index is 0.435. The lowest BCUT2D eigenvalue weighted by atomic mass is 10.0. The van der Waals surface area contributed by atoms with E-state index in [4.69, 9.17) is 9.47 Å². The van der Waals surface area contributed by atoms with Gasteiger partial charge in [0.05, 0.1) is 6.61 Å². The Morgan fingerprint density at radius 2 is 1.95 bits per heavy atom. The van der Waals surface area contributed by atoms with Crippen LogP contribution in [0.1, 0.15) is 37.8 Å². The molecule has 1 aromatic rings. The van der Waals surface area contributed by atoms with E-state index in [1.807, 2.05) is 7.05 Å². The summed E-state index contributed by atoms with van der Waals surface area (Å²) in [7, 11) is 2.00. The molecule has 0 saturated carbocycles. The van der Waals surface area contributed by atoms with Gasteiger partial charge in [0.25, 0.3) is 0 Å². The second-order valence-corrected chi connectivity index (χ2v) is 5.19. The van der Waals surface area contributed by atoms with Crippen LogP contribution in [0.15, 0.2) is 24.3 Å². The summed E-state index contributed by atoms with van der Waals surface area (Å²) in [5.41, 5.74) is 1.32. The van der Waals surface area contributed by atoms with Crippen LogP contribution in [0.5, 0.6) is 5.75 Å². The van der Waals surface area contributed by atoms with Crippen LogP contribution in [-0.4, -0.2) is 26.9 Å². The van der Waals surface area contributed by atoms with Crippen molar-refractivity contribution in [3.8, 4) is 5.75 Å². The minimum atomic E-state index is 0.435. The molecule has 1 fully saturated rings. The molecule has 1 saturated heterocycles. The fourth-order valence-electron chi connectivity index (χ4n) is 2.53. The van der Waals surface area contributed by atoms with Crippen LogP contribution in [-0.2, 0) is 4.74 Å². The minimum Gasteiger partial charge on any atom is -0.493 e. The summed E-state index contributed by atoms with van der Waals surface area (Å²) in [6, 6.07) is 8.90. The van der Waals surface area contributed by atoms with Gasteiger partial charge >= 0.3 is 0 Å². The molecule has 1 aromatic carbocycles. The first-order valence-corrected chi connectivity index (χ1v) is 7.31. The lowest BCUT2D eigenvalue weighted by Gasteiger charge is -2.22. The Morgan fingerprint density at radius 3 is 2.53 bits per heavy atom. The number of ether oxygens (including phenoxy) is 2. The molecule has 1 N–H and O–H groups in total. The van der Waals surface area contributed by atoms with E-state index >= 15 is 0 Å². The van der Waals surface area contributed by atoms with Gasteiger partial charge in [-0.05, 0) is 49.9 Å². The maximum atomic E-state index is 5.87. The average Bonchev–Trinajstić information content (AvgIpc) is 2.49. The van der Waals surface area contributed by atoms with Gasteiger partial charge in [0.2, 0.25) is 0 Å². The lowest BCUT2D eigenvalue weighted by Crippen LogP contribution is -2.21. The van der Waals surface area contributed by atoms with Crippen molar-refractivity contribution in [2.75, 3.05) is 26.9 Å². The molecule has 1 aliphatic rings. The molecule has 2 rings (SSSR count). The normalized spacial score (nSPS) is 18.2. The summed E-state index contributed by atoms with van der Waals surface area (Å²) in [6.07, 6.45) is 3.34. The maximum absolute atomic E-state index is 5.87. The van der Waals surface area contributed by atoms with E-state index in [0.29, 0.717) is 12.0 Å². The van der Waals surface area contributed by atoms with Crippen molar-refractivity contribution in [2.24, 2.45) is 5.92 Å². The molecule has 0 spiro atoms. The summed E-state index contributed by atoms with van der Waals surface area (Å²) in [6.45, 7) is 4.77. The highest BCUT2D eigenvalue weighted by Gasteiger charge is 2.14. The van der Waals surface area contributed by atoms with Crippen LogP contribution in [0.4, 0.5) is 0 Å². The van der Waals surface area contributed by atoms with E-state index in [2.05, 4.69) is 36.5 Å². The lowest BCUT2D eigenvalue weighted by molar-refractivity contribution is 0.0497. The van der Waals surface area contributed by atoms with E-state index in [1.54, 1.807) is 0 Å². The molecular formula is C16H25NO2. The topological polar surface area (TPSA) is 30.5 Å². The van der Waals surface area contributed by atoms with E-state index in [9.17, 15) is 0 Å². The summed E-state index contributed by atoms with van der Waals surface area (Å²) in [5.74, 6) is 1.62. The number of rotatable bonds is 6. The van der Waals surface area contributed by atoms with Crippen molar-refractivity contribution in [3.63, 3.8) is 0 Å². The highest BCUT2D eigenvalue weighted by molar-refractivity contribution is 5.29. The van der Waals surface area contributed by atoms with Crippen molar-refractivity contribution in [3.05, 3.63) is 29.8 Å². The molecule has 0 aromatic heterocycles. The Hall–Kier alpha value is -1.06. The third-order valence-electron chi connectivity index (χ3n) is 3.87. The summed E-state index contributed by atoms with van der Waals surface area (Å²) < 4.78 is 11.2. The highest BCUT2D eigenvalue weighted by Crippen LogP contribution is 2.21. The van der Waals surface area contributed by atoms with Crippen molar-refractivity contribution < 1.29 is 9.47 Å². The molecule has 0 aliphatic carbocycles. The average molecular weight is 263 g/mol. The number of benzene rings is 1. The molecule has 0 bridgehead atoms. The van der Waals surface area contributed by atoms with Crippen LogP contribution >= 0.6 is 0 Å². The van der Waals surface area contributed by atoms with Gasteiger partial charge < -0.3 is 14.8 Å². The molecule has 106 valence electrons. The molecule has 1 unspecified atom stereocenters. The zero-order chi connectivity index (χ0) is 13.5. The van der Waals surface area contributed by atoms with Gasteiger partial charge in [-0.25, -0.2) is 0 Å². The van der Waals surface area contributed by atoms with Gasteiger partial charge in [-0.1, -0.05) is 19.1 Å².